The van der Waals surface area contributed by atoms with E-state index in [0.717, 1.165) is 0 Å². The number of rotatable bonds is 4. The van der Waals surface area contributed by atoms with Crippen LogP contribution in [-0.2, 0) is 4.79 Å². The van der Waals surface area contributed by atoms with Gasteiger partial charge in [0.15, 0.2) is 0 Å². The van der Waals surface area contributed by atoms with Gasteiger partial charge in [-0.25, -0.2) is 8.78 Å². The summed E-state index contributed by atoms with van der Waals surface area (Å²) in [6.07, 6.45) is -3.77. The topological polar surface area (TPSA) is 29.1 Å². The Labute approximate surface area is 71.7 Å². The largest absolute Gasteiger partial charge is 0.349 e. The fourth-order valence-corrected chi connectivity index (χ4v) is 0.461. The molecule has 0 aliphatic heterocycles. The number of amides is 1. The third-order valence-electron chi connectivity index (χ3n) is 0.984. The summed E-state index contributed by atoms with van der Waals surface area (Å²) >= 11 is 3.45. The van der Waals surface area contributed by atoms with Crippen molar-refractivity contribution in [1.82, 2.24) is 5.32 Å². The molecule has 1 amide bonds. The van der Waals surface area contributed by atoms with Gasteiger partial charge in [0.25, 0.3) is 0 Å². The molecule has 0 atom stereocenters. The Morgan fingerprint density at radius 3 is 2.33 bits per heavy atom. The van der Waals surface area contributed by atoms with E-state index >= 15 is 0 Å². The van der Waals surface area contributed by atoms with Crippen LogP contribution in [-0.4, -0.2) is 30.6 Å². The van der Waals surface area contributed by atoms with Crippen LogP contribution in [0.5, 0.6) is 0 Å². The number of alkyl halides is 4. The van der Waals surface area contributed by atoms with Gasteiger partial charge < -0.3 is 5.32 Å². The summed E-state index contributed by atoms with van der Waals surface area (Å²) in [6.45, 7) is -1.36. The van der Waals surface area contributed by atoms with Gasteiger partial charge >= 0.3 is 12.3 Å². The monoisotopic (exact) mass is 205 g/mol. The Morgan fingerprint density at radius 1 is 1.50 bits per heavy atom. The molecule has 72 valence electrons. The molecule has 0 aromatic carbocycles. The summed E-state index contributed by atoms with van der Waals surface area (Å²) in [6, 6.07) is 0. The maximum Gasteiger partial charge on any atom is 0.324 e. The van der Waals surface area contributed by atoms with E-state index in [1.54, 1.807) is 5.32 Å². The van der Waals surface area contributed by atoms with Crippen LogP contribution >= 0.6 is 12.6 Å². The smallest absolute Gasteiger partial charge is 0.324 e. The lowest BCUT2D eigenvalue weighted by Gasteiger charge is -2.14. The van der Waals surface area contributed by atoms with Gasteiger partial charge in [-0.05, 0) is 0 Å². The minimum Gasteiger partial charge on any atom is -0.349 e. The minimum absolute atomic E-state index is 0.306. The summed E-state index contributed by atoms with van der Waals surface area (Å²) in [5, 5.41) is 1.61. The zero-order valence-corrected chi connectivity index (χ0v) is 6.75. The second kappa shape index (κ2) is 4.54. The molecule has 2 nitrogen and oxygen atoms in total. The number of halogens is 4. The van der Waals surface area contributed by atoms with Crippen LogP contribution in [0.2, 0.25) is 0 Å². The molecule has 12 heavy (non-hydrogen) atoms. The Balaban J connectivity index is 3.83. The Morgan fingerprint density at radius 2 is 2.00 bits per heavy atom. The van der Waals surface area contributed by atoms with Gasteiger partial charge in [-0.15, -0.1) is 0 Å². The molecule has 0 saturated heterocycles. The first-order valence-corrected chi connectivity index (χ1v) is 3.57. The summed E-state index contributed by atoms with van der Waals surface area (Å²) in [4.78, 5) is 10.3. The van der Waals surface area contributed by atoms with Crippen LogP contribution in [0, 0.1) is 0 Å². The molecule has 0 fully saturated rings. The molecule has 0 aromatic rings. The fraction of sp³-hybridized carbons (Fsp3) is 0.800. The molecule has 0 aliphatic rings. The van der Waals surface area contributed by atoms with Gasteiger partial charge in [-0.3, -0.25) is 4.79 Å². The summed E-state index contributed by atoms with van der Waals surface area (Å²) < 4.78 is 47.0. The maximum absolute atomic E-state index is 12.1. The molecule has 0 aromatic heterocycles. The summed E-state index contributed by atoms with van der Waals surface area (Å²) in [7, 11) is 0. The van der Waals surface area contributed by atoms with Crippen LogP contribution in [0.3, 0.4) is 0 Å². The van der Waals surface area contributed by atoms with Gasteiger partial charge in [0.1, 0.15) is 0 Å². The molecule has 0 rings (SSSR count). The fourth-order valence-electron chi connectivity index (χ4n) is 0.349. The molecular weight excluding hydrogens is 198 g/mol. The van der Waals surface area contributed by atoms with Crippen molar-refractivity contribution >= 4 is 18.5 Å². The van der Waals surface area contributed by atoms with Crippen LogP contribution in [0.15, 0.2) is 0 Å². The van der Waals surface area contributed by atoms with E-state index in [1.165, 1.54) is 0 Å². The summed E-state index contributed by atoms with van der Waals surface area (Å²) in [5.41, 5.74) is 0. The molecular formula is C5H7F4NOS. The SMILES string of the molecule is O=C(CS)NCC(F)(F)C(F)F. The quantitative estimate of drug-likeness (QED) is 0.519. The van der Waals surface area contributed by atoms with Gasteiger partial charge in [0.05, 0.1) is 12.3 Å². The van der Waals surface area contributed by atoms with Crippen molar-refractivity contribution in [3.05, 3.63) is 0 Å². The highest BCUT2D eigenvalue weighted by Gasteiger charge is 2.40. The zero-order valence-electron chi connectivity index (χ0n) is 5.86. The first-order chi connectivity index (χ1) is 5.40. The zero-order chi connectivity index (χ0) is 9.78. The highest BCUT2D eigenvalue weighted by Crippen LogP contribution is 2.21. The predicted molar refractivity (Wildman–Crippen MR) is 37.8 cm³/mol. The van der Waals surface area contributed by atoms with Crippen molar-refractivity contribution < 1.29 is 22.4 Å². The molecule has 0 saturated carbocycles. The van der Waals surface area contributed by atoms with Crippen molar-refractivity contribution in [2.24, 2.45) is 0 Å². The second-order valence-electron chi connectivity index (χ2n) is 2.00. The lowest BCUT2D eigenvalue weighted by atomic mass is 10.3. The first-order valence-electron chi connectivity index (χ1n) is 2.93. The van der Waals surface area contributed by atoms with E-state index in [1.807, 2.05) is 0 Å². The summed E-state index contributed by atoms with van der Waals surface area (Å²) in [5.74, 6) is -5.28. The Hall–Kier alpha value is -0.460. The molecule has 0 radical (unpaired) electrons. The van der Waals surface area contributed by atoms with E-state index in [4.69, 9.17) is 0 Å². The van der Waals surface area contributed by atoms with Crippen molar-refractivity contribution in [3.63, 3.8) is 0 Å². The van der Waals surface area contributed by atoms with Gasteiger partial charge in [-0.2, -0.15) is 21.4 Å². The predicted octanol–water partition coefficient (Wildman–Crippen LogP) is 0.933. The molecule has 1 N–H and O–H groups in total. The first kappa shape index (κ1) is 11.5. The normalized spacial score (nSPS) is 11.8. The maximum atomic E-state index is 12.1. The van der Waals surface area contributed by atoms with Crippen molar-refractivity contribution in [2.45, 2.75) is 12.3 Å². The highest BCUT2D eigenvalue weighted by molar-refractivity contribution is 7.81. The third kappa shape index (κ3) is 3.80. The van der Waals surface area contributed by atoms with E-state index in [9.17, 15) is 22.4 Å². The van der Waals surface area contributed by atoms with Gasteiger partial charge in [0.2, 0.25) is 5.91 Å². The van der Waals surface area contributed by atoms with Crippen molar-refractivity contribution in [3.8, 4) is 0 Å². The number of hydrogen-bond donors (Lipinski definition) is 2. The van der Waals surface area contributed by atoms with Gasteiger partial charge in [0, 0.05) is 0 Å². The lowest BCUT2D eigenvalue weighted by molar-refractivity contribution is -0.135. The Kier molecular flexibility index (Phi) is 4.36. The van der Waals surface area contributed by atoms with Crippen LogP contribution in [0.1, 0.15) is 0 Å². The van der Waals surface area contributed by atoms with Crippen LogP contribution < -0.4 is 5.32 Å². The molecule has 0 aliphatic carbocycles. The third-order valence-corrected chi connectivity index (χ3v) is 1.27. The number of carbonyl (C=O) groups excluding carboxylic acids is 1. The number of hydrogen-bond acceptors (Lipinski definition) is 2. The second-order valence-corrected chi connectivity index (χ2v) is 2.31. The van der Waals surface area contributed by atoms with E-state index in [0.29, 0.717) is 0 Å². The highest BCUT2D eigenvalue weighted by atomic mass is 32.1. The van der Waals surface area contributed by atoms with E-state index < -0.39 is 24.8 Å². The molecule has 0 bridgehead atoms. The molecule has 0 unspecified atom stereocenters. The number of carbonyl (C=O) groups is 1. The number of nitrogens with one attached hydrogen (secondary N) is 1. The Bertz CT molecular complexity index is 164. The van der Waals surface area contributed by atoms with Crippen molar-refractivity contribution in [2.75, 3.05) is 12.3 Å². The number of thiol groups is 1. The van der Waals surface area contributed by atoms with Crippen LogP contribution in [0.4, 0.5) is 17.6 Å². The molecule has 0 spiro atoms. The average Bonchev–Trinajstić information content (AvgIpc) is 2.00. The van der Waals surface area contributed by atoms with Gasteiger partial charge in [-0.1, -0.05) is 0 Å². The average molecular weight is 205 g/mol. The van der Waals surface area contributed by atoms with Crippen LogP contribution in [0.25, 0.3) is 0 Å². The standard InChI is InChI=1S/C5H7F4NOS/c6-4(7)5(8,9)2-10-3(11)1-12/h4,12H,1-2H2,(H,10,11). The molecule has 0 heterocycles. The van der Waals surface area contributed by atoms with E-state index in [-0.39, 0.29) is 5.75 Å². The molecule has 7 heteroatoms. The van der Waals surface area contributed by atoms with E-state index in [2.05, 4.69) is 12.6 Å². The van der Waals surface area contributed by atoms with Crippen molar-refractivity contribution in [1.29, 1.82) is 0 Å². The minimum atomic E-state index is -4.17. The lowest BCUT2D eigenvalue weighted by Crippen LogP contribution is -2.41.